The first-order valence-corrected chi connectivity index (χ1v) is 9.17. The van der Waals surface area contributed by atoms with Crippen molar-refractivity contribution in [2.45, 2.75) is 18.9 Å². The molecule has 0 bridgehead atoms. The Labute approximate surface area is 157 Å². The van der Waals surface area contributed by atoms with Gasteiger partial charge in [-0.05, 0) is 41.7 Å². The van der Waals surface area contributed by atoms with E-state index in [1.54, 1.807) is 6.20 Å². The van der Waals surface area contributed by atoms with Crippen LogP contribution in [-0.2, 0) is 4.79 Å². The molecule has 1 saturated heterocycles. The molecule has 138 valence electrons. The standard InChI is InChI=1S/C21H22N4O2/c22-19(20(26)27)15-8-11-25(12-9-15)21-23-10-7-18(24-21)17-6-5-14-3-1-2-4-16(14)13-17/h1-7,10,13,15,19H,8-9,11-12,22H2,(H,26,27)/t19-/m0/s1. The number of rotatable bonds is 4. The van der Waals surface area contributed by atoms with Gasteiger partial charge in [-0.25, -0.2) is 9.97 Å². The molecule has 1 aliphatic heterocycles. The Morgan fingerprint density at radius 1 is 1.11 bits per heavy atom. The second kappa shape index (κ2) is 7.32. The summed E-state index contributed by atoms with van der Waals surface area (Å²) in [4.78, 5) is 22.4. The summed E-state index contributed by atoms with van der Waals surface area (Å²) in [5.41, 5.74) is 7.71. The van der Waals surface area contributed by atoms with E-state index in [0.717, 1.165) is 24.1 Å². The van der Waals surface area contributed by atoms with Gasteiger partial charge in [0.1, 0.15) is 6.04 Å². The van der Waals surface area contributed by atoms with Gasteiger partial charge in [0.2, 0.25) is 5.95 Å². The van der Waals surface area contributed by atoms with Crippen molar-refractivity contribution in [1.29, 1.82) is 0 Å². The second-order valence-corrected chi connectivity index (χ2v) is 6.99. The summed E-state index contributed by atoms with van der Waals surface area (Å²) in [7, 11) is 0. The molecular weight excluding hydrogens is 340 g/mol. The highest BCUT2D eigenvalue weighted by atomic mass is 16.4. The zero-order valence-corrected chi connectivity index (χ0v) is 15.0. The molecule has 3 N–H and O–H groups in total. The van der Waals surface area contributed by atoms with Crippen molar-refractivity contribution in [3.63, 3.8) is 0 Å². The molecule has 0 radical (unpaired) electrons. The van der Waals surface area contributed by atoms with Gasteiger partial charge in [-0.1, -0.05) is 36.4 Å². The summed E-state index contributed by atoms with van der Waals surface area (Å²) in [6.45, 7) is 1.43. The van der Waals surface area contributed by atoms with E-state index in [9.17, 15) is 4.79 Å². The maximum absolute atomic E-state index is 11.1. The number of aliphatic carboxylic acids is 1. The molecular formula is C21H22N4O2. The van der Waals surface area contributed by atoms with E-state index >= 15 is 0 Å². The monoisotopic (exact) mass is 362 g/mol. The molecule has 27 heavy (non-hydrogen) atoms. The van der Waals surface area contributed by atoms with Crippen LogP contribution in [0.25, 0.3) is 22.0 Å². The van der Waals surface area contributed by atoms with Gasteiger partial charge in [-0.3, -0.25) is 4.79 Å². The van der Waals surface area contributed by atoms with Crippen LogP contribution in [0.3, 0.4) is 0 Å². The minimum atomic E-state index is -0.928. The number of hydrogen-bond donors (Lipinski definition) is 2. The van der Waals surface area contributed by atoms with Crippen LogP contribution >= 0.6 is 0 Å². The number of piperidine rings is 1. The lowest BCUT2D eigenvalue weighted by molar-refractivity contribution is -0.140. The summed E-state index contributed by atoms with van der Waals surface area (Å²) in [6, 6.07) is 15.7. The van der Waals surface area contributed by atoms with Gasteiger partial charge in [0, 0.05) is 24.8 Å². The highest BCUT2D eigenvalue weighted by Crippen LogP contribution is 2.26. The van der Waals surface area contributed by atoms with E-state index in [1.807, 2.05) is 18.2 Å². The van der Waals surface area contributed by atoms with E-state index in [4.69, 9.17) is 15.8 Å². The first kappa shape index (κ1) is 17.4. The van der Waals surface area contributed by atoms with Gasteiger partial charge >= 0.3 is 5.97 Å². The van der Waals surface area contributed by atoms with Crippen LogP contribution in [-0.4, -0.2) is 40.2 Å². The second-order valence-electron chi connectivity index (χ2n) is 6.99. The zero-order chi connectivity index (χ0) is 18.8. The molecule has 6 heteroatoms. The number of nitrogens with zero attached hydrogens (tertiary/aromatic N) is 3. The fraction of sp³-hybridized carbons (Fsp3) is 0.286. The van der Waals surface area contributed by atoms with E-state index in [2.05, 4.69) is 40.2 Å². The molecule has 0 unspecified atom stereocenters. The Morgan fingerprint density at radius 2 is 1.85 bits per heavy atom. The SMILES string of the molecule is N[C@H](C(=O)O)C1CCN(c2nccc(-c3ccc4ccccc4c3)n2)CC1. The number of aromatic nitrogens is 2. The van der Waals surface area contributed by atoms with Crippen LogP contribution in [0.1, 0.15) is 12.8 Å². The maximum Gasteiger partial charge on any atom is 0.320 e. The van der Waals surface area contributed by atoms with Gasteiger partial charge in [0.05, 0.1) is 5.69 Å². The van der Waals surface area contributed by atoms with Crippen LogP contribution in [0, 0.1) is 5.92 Å². The first-order valence-electron chi connectivity index (χ1n) is 9.17. The molecule has 2 heterocycles. The zero-order valence-electron chi connectivity index (χ0n) is 15.0. The molecule has 2 aromatic carbocycles. The average molecular weight is 362 g/mol. The third-order valence-electron chi connectivity index (χ3n) is 5.30. The first-order chi connectivity index (χ1) is 13.1. The topological polar surface area (TPSA) is 92.3 Å². The van der Waals surface area contributed by atoms with E-state index in [-0.39, 0.29) is 5.92 Å². The normalized spacial score (nSPS) is 16.4. The van der Waals surface area contributed by atoms with Crippen molar-refractivity contribution in [3.05, 3.63) is 54.7 Å². The van der Waals surface area contributed by atoms with Crippen LogP contribution < -0.4 is 10.6 Å². The molecule has 1 aromatic heterocycles. The number of carboxylic acid groups (broad SMARTS) is 1. The van der Waals surface area contributed by atoms with E-state index < -0.39 is 12.0 Å². The van der Waals surface area contributed by atoms with Crippen LogP contribution in [0.4, 0.5) is 5.95 Å². The molecule has 1 atom stereocenters. The third kappa shape index (κ3) is 3.61. The lowest BCUT2D eigenvalue weighted by Gasteiger charge is -2.33. The number of carboxylic acids is 1. The van der Waals surface area contributed by atoms with Crippen molar-refractivity contribution in [1.82, 2.24) is 9.97 Å². The quantitative estimate of drug-likeness (QED) is 0.741. The minimum absolute atomic E-state index is 0.00224. The van der Waals surface area contributed by atoms with Gasteiger partial charge < -0.3 is 15.7 Å². The lowest BCUT2D eigenvalue weighted by atomic mass is 9.90. The predicted molar refractivity (Wildman–Crippen MR) is 106 cm³/mol. The Bertz CT molecular complexity index is 967. The number of benzene rings is 2. The van der Waals surface area contributed by atoms with Crippen molar-refractivity contribution in [3.8, 4) is 11.3 Å². The van der Waals surface area contributed by atoms with E-state index in [0.29, 0.717) is 19.0 Å². The molecule has 0 saturated carbocycles. The molecule has 0 aliphatic carbocycles. The average Bonchev–Trinajstić information content (AvgIpc) is 2.73. The van der Waals surface area contributed by atoms with Crippen molar-refractivity contribution in [2.75, 3.05) is 18.0 Å². The van der Waals surface area contributed by atoms with Crippen LogP contribution in [0.2, 0.25) is 0 Å². The number of anilines is 1. The molecule has 6 nitrogen and oxygen atoms in total. The molecule has 1 aliphatic rings. The fourth-order valence-electron chi connectivity index (χ4n) is 3.67. The summed E-state index contributed by atoms with van der Waals surface area (Å²) >= 11 is 0. The van der Waals surface area contributed by atoms with Gasteiger partial charge in [-0.15, -0.1) is 0 Å². The highest BCUT2D eigenvalue weighted by Gasteiger charge is 2.29. The highest BCUT2D eigenvalue weighted by molar-refractivity contribution is 5.86. The predicted octanol–water partition coefficient (Wildman–Crippen LogP) is 2.93. The molecule has 1 fully saturated rings. The maximum atomic E-state index is 11.1. The van der Waals surface area contributed by atoms with Crippen molar-refractivity contribution in [2.24, 2.45) is 11.7 Å². The number of carbonyl (C=O) groups is 1. The number of fused-ring (bicyclic) bond motifs is 1. The summed E-state index contributed by atoms with van der Waals surface area (Å²) in [6.07, 6.45) is 3.25. The van der Waals surface area contributed by atoms with E-state index in [1.165, 1.54) is 10.8 Å². The molecule has 0 spiro atoms. The summed E-state index contributed by atoms with van der Waals surface area (Å²) in [5.74, 6) is -0.242. The van der Waals surface area contributed by atoms with Gasteiger partial charge in [0.15, 0.2) is 0 Å². The number of hydrogen-bond acceptors (Lipinski definition) is 5. The minimum Gasteiger partial charge on any atom is -0.480 e. The molecule has 4 rings (SSSR count). The van der Waals surface area contributed by atoms with Crippen molar-refractivity contribution >= 4 is 22.7 Å². The van der Waals surface area contributed by atoms with Crippen LogP contribution in [0.15, 0.2) is 54.7 Å². The van der Waals surface area contributed by atoms with Crippen molar-refractivity contribution < 1.29 is 9.90 Å². The third-order valence-corrected chi connectivity index (χ3v) is 5.30. The Morgan fingerprint density at radius 3 is 2.59 bits per heavy atom. The molecule has 3 aromatic rings. The largest absolute Gasteiger partial charge is 0.480 e. The van der Waals surface area contributed by atoms with Crippen LogP contribution in [0.5, 0.6) is 0 Å². The molecule has 0 amide bonds. The van der Waals surface area contributed by atoms with Gasteiger partial charge in [-0.2, -0.15) is 0 Å². The smallest absolute Gasteiger partial charge is 0.320 e. The Balaban J connectivity index is 1.53. The Kier molecular flexibility index (Phi) is 4.73. The fourth-order valence-corrected chi connectivity index (χ4v) is 3.67. The van der Waals surface area contributed by atoms with Gasteiger partial charge in [0.25, 0.3) is 0 Å². The lowest BCUT2D eigenvalue weighted by Crippen LogP contribution is -2.45. The Hall–Kier alpha value is -2.99. The summed E-state index contributed by atoms with van der Waals surface area (Å²) in [5, 5.41) is 11.5. The summed E-state index contributed by atoms with van der Waals surface area (Å²) < 4.78 is 0. The number of nitrogens with two attached hydrogens (primary N) is 1.